The standard InChI is InChI=1S/C17H27NO/c1-5-17(2,18(3)4)16(19)15-11-7-10-14(12-15)13-8-6-9-13/h7,10-13,16,19H,5-6,8-9H2,1-4H3. The molecule has 1 saturated carbocycles. The lowest BCUT2D eigenvalue weighted by molar-refractivity contribution is 0.000798. The minimum Gasteiger partial charge on any atom is -0.386 e. The summed E-state index contributed by atoms with van der Waals surface area (Å²) in [6.07, 6.45) is 4.44. The van der Waals surface area contributed by atoms with E-state index in [-0.39, 0.29) is 5.54 Å². The first-order valence-corrected chi connectivity index (χ1v) is 7.44. The Morgan fingerprint density at radius 3 is 2.53 bits per heavy atom. The van der Waals surface area contributed by atoms with Crippen molar-refractivity contribution in [1.82, 2.24) is 4.90 Å². The van der Waals surface area contributed by atoms with Crippen LogP contribution >= 0.6 is 0 Å². The van der Waals surface area contributed by atoms with Crippen LogP contribution in [0.3, 0.4) is 0 Å². The quantitative estimate of drug-likeness (QED) is 0.873. The van der Waals surface area contributed by atoms with E-state index in [9.17, 15) is 5.11 Å². The second kappa shape index (κ2) is 5.64. The van der Waals surface area contributed by atoms with Gasteiger partial charge < -0.3 is 10.0 Å². The van der Waals surface area contributed by atoms with E-state index in [0.29, 0.717) is 0 Å². The predicted molar refractivity (Wildman–Crippen MR) is 80.4 cm³/mol. The molecule has 0 spiro atoms. The minimum absolute atomic E-state index is 0.210. The second-order valence-electron chi connectivity index (χ2n) is 6.31. The first kappa shape index (κ1) is 14.5. The maximum Gasteiger partial charge on any atom is 0.0970 e. The summed E-state index contributed by atoms with van der Waals surface area (Å²) in [6, 6.07) is 8.58. The summed E-state index contributed by atoms with van der Waals surface area (Å²) in [4.78, 5) is 2.13. The molecule has 0 saturated heterocycles. The lowest BCUT2D eigenvalue weighted by Crippen LogP contribution is -2.46. The number of benzene rings is 1. The van der Waals surface area contributed by atoms with Crippen LogP contribution in [-0.2, 0) is 0 Å². The summed E-state index contributed by atoms with van der Waals surface area (Å²) in [7, 11) is 4.09. The van der Waals surface area contributed by atoms with Crippen molar-refractivity contribution >= 4 is 0 Å². The van der Waals surface area contributed by atoms with Crippen LogP contribution in [0.15, 0.2) is 24.3 Å². The third-order valence-corrected chi connectivity index (χ3v) is 5.13. The largest absolute Gasteiger partial charge is 0.386 e. The topological polar surface area (TPSA) is 23.5 Å². The van der Waals surface area contributed by atoms with Crippen LogP contribution < -0.4 is 0 Å². The van der Waals surface area contributed by atoms with Gasteiger partial charge in [0, 0.05) is 5.54 Å². The molecule has 0 heterocycles. The van der Waals surface area contributed by atoms with Crippen LogP contribution in [0.25, 0.3) is 0 Å². The molecular weight excluding hydrogens is 234 g/mol. The van der Waals surface area contributed by atoms with E-state index >= 15 is 0 Å². The van der Waals surface area contributed by atoms with Crippen molar-refractivity contribution in [2.24, 2.45) is 0 Å². The lowest BCUT2D eigenvalue weighted by atomic mass is 9.78. The zero-order valence-electron chi connectivity index (χ0n) is 12.7. The molecule has 2 unspecified atom stereocenters. The van der Waals surface area contributed by atoms with Crippen molar-refractivity contribution in [2.45, 2.75) is 57.1 Å². The van der Waals surface area contributed by atoms with Gasteiger partial charge in [-0.2, -0.15) is 0 Å². The molecule has 0 aromatic heterocycles. The Bertz CT molecular complexity index is 425. The fraction of sp³-hybridized carbons (Fsp3) is 0.647. The molecular formula is C17H27NO. The second-order valence-corrected chi connectivity index (χ2v) is 6.31. The zero-order valence-corrected chi connectivity index (χ0v) is 12.7. The van der Waals surface area contributed by atoms with Crippen LogP contribution in [0, 0.1) is 0 Å². The van der Waals surface area contributed by atoms with Gasteiger partial charge in [0.2, 0.25) is 0 Å². The van der Waals surface area contributed by atoms with Gasteiger partial charge in [-0.25, -0.2) is 0 Å². The van der Waals surface area contributed by atoms with Gasteiger partial charge in [-0.1, -0.05) is 37.6 Å². The van der Waals surface area contributed by atoms with E-state index in [1.165, 1.54) is 24.8 Å². The predicted octanol–water partition coefficient (Wildman–Crippen LogP) is 3.72. The van der Waals surface area contributed by atoms with E-state index in [1.807, 2.05) is 14.1 Å². The smallest absolute Gasteiger partial charge is 0.0970 e. The summed E-state index contributed by atoms with van der Waals surface area (Å²) in [5.41, 5.74) is 2.25. The molecule has 106 valence electrons. The normalized spacial score (nSPS) is 20.9. The van der Waals surface area contributed by atoms with Crippen LogP contribution in [0.2, 0.25) is 0 Å². The fourth-order valence-electron chi connectivity index (χ4n) is 2.84. The number of nitrogens with zero attached hydrogens (tertiary/aromatic N) is 1. The Kier molecular flexibility index (Phi) is 4.32. The van der Waals surface area contributed by atoms with Crippen LogP contribution in [0.1, 0.15) is 62.7 Å². The van der Waals surface area contributed by atoms with Gasteiger partial charge >= 0.3 is 0 Å². The molecule has 1 aliphatic rings. The van der Waals surface area contributed by atoms with Crippen molar-refractivity contribution in [3.05, 3.63) is 35.4 Å². The van der Waals surface area contributed by atoms with Crippen molar-refractivity contribution in [1.29, 1.82) is 0 Å². The molecule has 2 nitrogen and oxygen atoms in total. The van der Waals surface area contributed by atoms with Gasteiger partial charge in [-0.15, -0.1) is 0 Å². The van der Waals surface area contributed by atoms with Gasteiger partial charge in [0.15, 0.2) is 0 Å². The van der Waals surface area contributed by atoms with E-state index in [4.69, 9.17) is 0 Å². The molecule has 0 aliphatic heterocycles. The highest BCUT2D eigenvalue weighted by molar-refractivity contribution is 5.30. The van der Waals surface area contributed by atoms with Gasteiger partial charge in [0.1, 0.15) is 0 Å². The fourth-order valence-corrected chi connectivity index (χ4v) is 2.84. The van der Waals surface area contributed by atoms with E-state index < -0.39 is 6.10 Å². The molecule has 0 radical (unpaired) electrons. The Labute approximate surface area is 117 Å². The highest BCUT2D eigenvalue weighted by atomic mass is 16.3. The summed E-state index contributed by atoms with van der Waals surface area (Å²) in [5.74, 6) is 0.722. The summed E-state index contributed by atoms with van der Waals surface area (Å²) < 4.78 is 0. The molecule has 0 bridgehead atoms. The van der Waals surface area contributed by atoms with Crippen molar-refractivity contribution < 1.29 is 5.11 Å². The molecule has 1 N–H and O–H groups in total. The minimum atomic E-state index is -0.437. The first-order valence-electron chi connectivity index (χ1n) is 7.44. The molecule has 1 aromatic rings. The Balaban J connectivity index is 2.25. The number of hydrogen-bond acceptors (Lipinski definition) is 2. The van der Waals surface area contributed by atoms with Gasteiger partial charge in [0.05, 0.1) is 6.10 Å². The van der Waals surface area contributed by atoms with Gasteiger partial charge in [-0.05, 0) is 57.3 Å². The van der Waals surface area contributed by atoms with Gasteiger partial charge in [-0.3, -0.25) is 0 Å². The summed E-state index contributed by atoms with van der Waals surface area (Å²) >= 11 is 0. The number of likely N-dealkylation sites (N-methyl/N-ethyl adjacent to an activating group) is 1. The van der Waals surface area contributed by atoms with Crippen molar-refractivity contribution in [2.75, 3.05) is 14.1 Å². The summed E-state index contributed by atoms with van der Waals surface area (Å²) in [5, 5.41) is 10.8. The average Bonchev–Trinajstić information content (AvgIpc) is 2.35. The van der Waals surface area contributed by atoms with Crippen molar-refractivity contribution in [3.63, 3.8) is 0 Å². The number of rotatable bonds is 5. The first-order chi connectivity index (χ1) is 8.99. The molecule has 19 heavy (non-hydrogen) atoms. The van der Waals surface area contributed by atoms with Crippen molar-refractivity contribution in [3.8, 4) is 0 Å². The molecule has 2 rings (SSSR count). The molecule has 1 aliphatic carbocycles. The molecule has 1 fully saturated rings. The Morgan fingerprint density at radius 2 is 2.05 bits per heavy atom. The molecule has 2 atom stereocenters. The van der Waals surface area contributed by atoms with Crippen LogP contribution in [0.5, 0.6) is 0 Å². The third-order valence-electron chi connectivity index (χ3n) is 5.13. The van der Waals surface area contributed by atoms with Crippen LogP contribution in [0.4, 0.5) is 0 Å². The number of aliphatic hydroxyl groups is 1. The highest BCUT2D eigenvalue weighted by Gasteiger charge is 2.34. The third kappa shape index (κ3) is 2.70. The maximum absolute atomic E-state index is 10.8. The molecule has 1 aromatic carbocycles. The van der Waals surface area contributed by atoms with Crippen LogP contribution in [-0.4, -0.2) is 29.6 Å². The summed E-state index contributed by atoms with van der Waals surface area (Å²) in [6.45, 7) is 4.27. The number of aliphatic hydroxyl groups excluding tert-OH is 1. The van der Waals surface area contributed by atoms with E-state index in [1.54, 1.807) is 0 Å². The lowest BCUT2D eigenvalue weighted by Gasteiger charge is -2.40. The van der Waals surface area contributed by atoms with E-state index in [0.717, 1.165) is 17.9 Å². The average molecular weight is 261 g/mol. The molecule has 0 amide bonds. The molecule has 2 heteroatoms. The van der Waals surface area contributed by atoms with Gasteiger partial charge in [0.25, 0.3) is 0 Å². The highest BCUT2D eigenvalue weighted by Crippen LogP contribution is 2.39. The monoisotopic (exact) mass is 261 g/mol. The maximum atomic E-state index is 10.8. The Morgan fingerprint density at radius 1 is 1.37 bits per heavy atom. The SMILES string of the molecule is CCC(C)(C(O)c1cccc(C2CCC2)c1)N(C)C. The Hall–Kier alpha value is -0.860. The number of hydrogen-bond donors (Lipinski definition) is 1. The zero-order chi connectivity index (χ0) is 14.0. The van der Waals surface area contributed by atoms with E-state index in [2.05, 4.69) is 43.0 Å².